The van der Waals surface area contributed by atoms with Crippen molar-refractivity contribution in [2.24, 2.45) is 0 Å². The molecule has 0 heterocycles. The molecule has 0 atom stereocenters. The summed E-state index contributed by atoms with van der Waals surface area (Å²) in [6, 6.07) is 8.88. The quantitative estimate of drug-likeness (QED) is 0.704. The molecule has 1 saturated carbocycles. The molecule has 1 aliphatic carbocycles. The van der Waals surface area contributed by atoms with Crippen LogP contribution in [0, 0.1) is 13.8 Å². The fraction of sp³-hybridized carbons (Fsp3) is 0.263. The van der Waals surface area contributed by atoms with Crippen molar-refractivity contribution in [2.45, 2.75) is 37.6 Å². The minimum absolute atomic E-state index is 0.0238. The van der Waals surface area contributed by atoms with Crippen LogP contribution >= 0.6 is 0 Å². The number of carboxylic acid groups (broad SMARTS) is 1. The molecule has 142 valence electrons. The third kappa shape index (κ3) is 4.35. The highest BCUT2D eigenvalue weighted by molar-refractivity contribution is 7.89. The van der Waals surface area contributed by atoms with Gasteiger partial charge in [0.05, 0.1) is 10.5 Å². The fourth-order valence-electron chi connectivity index (χ4n) is 2.68. The Morgan fingerprint density at radius 3 is 2.30 bits per heavy atom. The first-order chi connectivity index (χ1) is 12.7. The highest BCUT2D eigenvalue weighted by Crippen LogP contribution is 2.24. The van der Waals surface area contributed by atoms with Gasteiger partial charge in [0.25, 0.3) is 5.91 Å². The Morgan fingerprint density at radius 2 is 1.70 bits per heavy atom. The van der Waals surface area contributed by atoms with Crippen molar-refractivity contribution in [3.8, 4) is 0 Å². The zero-order valence-corrected chi connectivity index (χ0v) is 15.8. The highest BCUT2D eigenvalue weighted by Gasteiger charge is 2.28. The first kappa shape index (κ1) is 19.1. The van der Waals surface area contributed by atoms with Crippen LogP contribution in [0.15, 0.2) is 41.3 Å². The van der Waals surface area contributed by atoms with Crippen LogP contribution in [0.3, 0.4) is 0 Å². The third-order valence-corrected chi connectivity index (χ3v) is 5.90. The molecule has 0 bridgehead atoms. The Kier molecular flexibility index (Phi) is 5.03. The molecule has 3 rings (SSSR count). The second-order valence-corrected chi connectivity index (χ2v) is 8.38. The molecule has 1 amide bonds. The number of carbonyl (C=O) groups excluding carboxylic acids is 1. The molecule has 1 fully saturated rings. The molecule has 8 heteroatoms. The van der Waals surface area contributed by atoms with E-state index in [4.69, 9.17) is 5.11 Å². The fourth-order valence-corrected chi connectivity index (χ4v) is 4.01. The van der Waals surface area contributed by atoms with E-state index in [9.17, 15) is 18.0 Å². The molecule has 0 saturated heterocycles. The van der Waals surface area contributed by atoms with E-state index < -0.39 is 21.9 Å². The summed E-state index contributed by atoms with van der Waals surface area (Å²) < 4.78 is 27.3. The predicted molar refractivity (Wildman–Crippen MR) is 101 cm³/mol. The molecule has 0 spiro atoms. The maximum Gasteiger partial charge on any atom is 0.335 e. The van der Waals surface area contributed by atoms with E-state index in [1.165, 1.54) is 24.3 Å². The molecule has 7 nitrogen and oxygen atoms in total. The average Bonchev–Trinajstić information content (AvgIpc) is 3.38. The number of sulfonamides is 1. The maximum absolute atomic E-state index is 12.6. The molecule has 1 aliphatic rings. The number of nitrogens with one attached hydrogen (secondary N) is 2. The van der Waals surface area contributed by atoms with E-state index in [1.54, 1.807) is 26.0 Å². The lowest BCUT2D eigenvalue weighted by Crippen LogP contribution is -2.26. The number of rotatable bonds is 6. The van der Waals surface area contributed by atoms with Gasteiger partial charge in [-0.15, -0.1) is 0 Å². The van der Waals surface area contributed by atoms with Crippen LogP contribution in [-0.2, 0) is 10.0 Å². The van der Waals surface area contributed by atoms with Gasteiger partial charge in [0.2, 0.25) is 10.0 Å². The van der Waals surface area contributed by atoms with Gasteiger partial charge in [-0.05, 0) is 68.1 Å². The lowest BCUT2D eigenvalue weighted by molar-refractivity contribution is 0.0696. The molecule has 0 radical (unpaired) electrons. The van der Waals surface area contributed by atoms with Crippen LogP contribution < -0.4 is 10.0 Å². The largest absolute Gasteiger partial charge is 0.478 e. The van der Waals surface area contributed by atoms with Crippen molar-refractivity contribution >= 4 is 27.6 Å². The third-order valence-electron chi connectivity index (χ3n) is 4.38. The zero-order valence-electron chi connectivity index (χ0n) is 14.9. The van der Waals surface area contributed by atoms with Crippen molar-refractivity contribution in [1.82, 2.24) is 4.72 Å². The topological polar surface area (TPSA) is 113 Å². The van der Waals surface area contributed by atoms with Gasteiger partial charge in [0, 0.05) is 17.3 Å². The molecule has 27 heavy (non-hydrogen) atoms. The lowest BCUT2D eigenvalue weighted by atomic mass is 10.1. The average molecular weight is 388 g/mol. The Bertz CT molecular complexity index is 1030. The molecule has 0 aliphatic heterocycles. The van der Waals surface area contributed by atoms with E-state index in [0.29, 0.717) is 16.8 Å². The summed E-state index contributed by atoms with van der Waals surface area (Å²) in [4.78, 5) is 23.8. The molecule has 0 aromatic heterocycles. The molecule has 0 unspecified atom stereocenters. The van der Waals surface area contributed by atoms with E-state index >= 15 is 0 Å². The minimum Gasteiger partial charge on any atom is -0.478 e. The van der Waals surface area contributed by atoms with Crippen LogP contribution in [0.1, 0.15) is 44.7 Å². The number of aryl methyl sites for hydroxylation is 2. The first-order valence-corrected chi connectivity index (χ1v) is 9.94. The molecule has 2 aromatic rings. The van der Waals surface area contributed by atoms with Crippen LogP contribution in [-0.4, -0.2) is 31.4 Å². The number of aromatic carboxylic acids is 1. The zero-order chi connectivity index (χ0) is 19.8. The van der Waals surface area contributed by atoms with Crippen molar-refractivity contribution in [1.29, 1.82) is 0 Å². The van der Waals surface area contributed by atoms with Crippen molar-refractivity contribution in [3.05, 3.63) is 58.7 Å². The lowest BCUT2D eigenvalue weighted by Gasteiger charge is -2.12. The van der Waals surface area contributed by atoms with Gasteiger partial charge >= 0.3 is 5.97 Å². The summed E-state index contributed by atoms with van der Waals surface area (Å²) >= 11 is 0. The molecular weight excluding hydrogens is 368 g/mol. The van der Waals surface area contributed by atoms with Gasteiger partial charge in [0.15, 0.2) is 0 Å². The Morgan fingerprint density at radius 1 is 1.00 bits per heavy atom. The number of anilines is 1. The normalized spacial score (nSPS) is 14.0. The smallest absolute Gasteiger partial charge is 0.335 e. The number of benzene rings is 2. The standard InChI is InChI=1S/C19H20N2O5S/c1-11-3-7-15(27(25,26)21-13-4-5-13)10-17(11)18(22)20-14-6-8-16(19(23)24)12(2)9-14/h3,6-10,13,21H,4-5H2,1-2H3,(H,20,22)(H,23,24). The molecule has 3 N–H and O–H groups in total. The Hall–Kier alpha value is -2.71. The van der Waals surface area contributed by atoms with Crippen molar-refractivity contribution < 1.29 is 23.1 Å². The second kappa shape index (κ2) is 7.13. The van der Waals surface area contributed by atoms with E-state index in [2.05, 4.69) is 10.0 Å². The van der Waals surface area contributed by atoms with Gasteiger partial charge in [-0.2, -0.15) is 0 Å². The second-order valence-electron chi connectivity index (χ2n) is 6.66. The van der Waals surface area contributed by atoms with E-state index in [-0.39, 0.29) is 22.1 Å². The van der Waals surface area contributed by atoms with Crippen molar-refractivity contribution in [3.63, 3.8) is 0 Å². The SMILES string of the molecule is Cc1cc(NC(=O)c2cc(S(=O)(=O)NC3CC3)ccc2C)ccc1C(=O)O. The van der Waals surface area contributed by atoms with E-state index in [1.807, 2.05) is 0 Å². The number of amides is 1. The summed E-state index contributed by atoms with van der Waals surface area (Å²) in [7, 11) is -3.66. The number of hydrogen-bond donors (Lipinski definition) is 3. The predicted octanol–water partition coefficient (Wildman–Crippen LogP) is 2.69. The minimum atomic E-state index is -3.66. The first-order valence-electron chi connectivity index (χ1n) is 8.45. The maximum atomic E-state index is 12.6. The van der Waals surface area contributed by atoms with Crippen LogP contribution in [0.5, 0.6) is 0 Å². The van der Waals surface area contributed by atoms with Gasteiger partial charge in [-0.25, -0.2) is 17.9 Å². The number of hydrogen-bond acceptors (Lipinski definition) is 4. The Labute approximate surface area is 157 Å². The summed E-state index contributed by atoms with van der Waals surface area (Å²) in [6.07, 6.45) is 1.65. The summed E-state index contributed by atoms with van der Waals surface area (Å²) in [5.74, 6) is -1.50. The summed E-state index contributed by atoms with van der Waals surface area (Å²) in [6.45, 7) is 3.36. The summed E-state index contributed by atoms with van der Waals surface area (Å²) in [5, 5.41) is 11.8. The highest BCUT2D eigenvalue weighted by atomic mass is 32.2. The number of carboxylic acids is 1. The van der Waals surface area contributed by atoms with Gasteiger partial charge in [-0.3, -0.25) is 4.79 Å². The van der Waals surface area contributed by atoms with Crippen molar-refractivity contribution in [2.75, 3.05) is 5.32 Å². The monoisotopic (exact) mass is 388 g/mol. The Balaban J connectivity index is 1.85. The summed E-state index contributed by atoms with van der Waals surface area (Å²) in [5.41, 5.74) is 1.99. The van der Waals surface area contributed by atoms with Gasteiger partial charge in [0.1, 0.15) is 0 Å². The van der Waals surface area contributed by atoms with Gasteiger partial charge < -0.3 is 10.4 Å². The number of carbonyl (C=O) groups is 2. The van der Waals surface area contributed by atoms with Crippen LogP contribution in [0.25, 0.3) is 0 Å². The van der Waals surface area contributed by atoms with Crippen LogP contribution in [0.4, 0.5) is 5.69 Å². The molecule has 2 aromatic carbocycles. The molecular formula is C19H20N2O5S. The van der Waals surface area contributed by atoms with Gasteiger partial charge in [-0.1, -0.05) is 6.07 Å². The van der Waals surface area contributed by atoms with E-state index in [0.717, 1.165) is 12.8 Å². The van der Waals surface area contributed by atoms with Crippen LogP contribution in [0.2, 0.25) is 0 Å².